The van der Waals surface area contributed by atoms with E-state index in [1.165, 1.54) is 18.4 Å². The second kappa shape index (κ2) is 7.48. The minimum absolute atomic E-state index is 0.162. The molecule has 3 nitrogen and oxygen atoms in total. The van der Waals surface area contributed by atoms with Crippen LogP contribution in [0.4, 0.5) is 0 Å². The highest BCUT2D eigenvalue weighted by Gasteiger charge is 2.39. The third kappa shape index (κ3) is 5.06. The predicted octanol–water partition coefficient (Wildman–Crippen LogP) is 6.47. The van der Waals surface area contributed by atoms with Gasteiger partial charge in [-0.25, -0.2) is 0 Å². The van der Waals surface area contributed by atoms with E-state index in [1.807, 2.05) is 13.8 Å². The van der Waals surface area contributed by atoms with Gasteiger partial charge in [-0.15, -0.1) is 0 Å². The molecule has 152 valence electrons. The molecule has 1 aliphatic rings. The van der Waals surface area contributed by atoms with Gasteiger partial charge in [0, 0.05) is 5.56 Å². The Balaban J connectivity index is 2.28. The second-order valence-electron chi connectivity index (χ2n) is 10.7. The molecule has 0 aromatic heterocycles. The van der Waals surface area contributed by atoms with Crippen molar-refractivity contribution in [3.8, 4) is 11.5 Å². The lowest BCUT2D eigenvalue weighted by molar-refractivity contribution is -0.120. The summed E-state index contributed by atoms with van der Waals surface area (Å²) in [6, 6.07) is 0. The molecule has 0 aliphatic carbocycles. The number of ether oxygens (including phenoxy) is 2. The van der Waals surface area contributed by atoms with Crippen LogP contribution >= 0.6 is 0 Å². The zero-order valence-electron chi connectivity index (χ0n) is 18.8. The summed E-state index contributed by atoms with van der Waals surface area (Å²) in [5.74, 6) is 1.70. The molecule has 1 aliphatic heterocycles. The lowest BCUT2D eigenvalue weighted by Gasteiger charge is -2.43. The van der Waals surface area contributed by atoms with Crippen molar-refractivity contribution in [3.05, 3.63) is 22.3 Å². The number of hydrogen-bond acceptors (Lipinski definition) is 3. The Labute approximate surface area is 165 Å². The monoisotopic (exact) mass is 374 g/mol. The van der Waals surface area contributed by atoms with Gasteiger partial charge >= 0.3 is 0 Å². The predicted molar refractivity (Wildman–Crippen MR) is 112 cm³/mol. The molecule has 0 radical (unpaired) electrons. The summed E-state index contributed by atoms with van der Waals surface area (Å²) in [5, 5.41) is 0. The molecule has 0 saturated heterocycles. The van der Waals surface area contributed by atoms with Gasteiger partial charge in [0.2, 0.25) is 0 Å². The Morgan fingerprint density at radius 2 is 1.67 bits per heavy atom. The maximum atomic E-state index is 10.9. The molecule has 3 heteroatoms. The molecular formula is C24H38O3. The normalized spacial score (nSPS) is 20.0. The third-order valence-electron chi connectivity index (χ3n) is 6.13. The molecule has 27 heavy (non-hydrogen) atoms. The van der Waals surface area contributed by atoms with Crippen LogP contribution in [-0.4, -0.2) is 12.1 Å². The number of rotatable bonds is 6. The van der Waals surface area contributed by atoms with Gasteiger partial charge < -0.3 is 9.47 Å². The van der Waals surface area contributed by atoms with Crippen LogP contribution in [0.2, 0.25) is 0 Å². The van der Waals surface area contributed by atoms with Gasteiger partial charge in [-0.05, 0) is 87.3 Å². The molecule has 1 atom stereocenters. The van der Waals surface area contributed by atoms with E-state index in [0.717, 1.165) is 41.7 Å². The molecule has 0 N–H and O–H groups in total. The maximum absolute atomic E-state index is 10.9. The van der Waals surface area contributed by atoms with E-state index in [-0.39, 0.29) is 11.0 Å². The van der Waals surface area contributed by atoms with Crippen LogP contribution in [0.5, 0.6) is 11.5 Å². The fourth-order valence-corrected chi connectivity index (χ4v) is 4.44. The topological polar surface area (TPSA) is 35.5 Å². The summed E-state index contributed by atoms with van der Waals surface area (Å²) in [7, 11) is 0. The number of carbonyl (C=O) groups is 1. The number of hydrogen-bond donors (Lipinski definition) is 0. The Hall–Kier alpha value is -1.51. The highest BCUT2D eigenvalue weighted by molar-refractivity contribution is 5.62. The van der Waals surface area contributed by atoms with Crippen LogP contribution in [0, 0.1) is 31.6 Å². The molecule has 0 fully saturated rings. The quantitative estimate of drug-likeness (QED) is 0.535. The molecule has 1 heterocycles. The fourth-order valence-electron chi connectivity index (χ4n) is 4.44. The van der Waals surface area contributed by atoms with Gasteiger partial charge in [-0.1, -0.05) is 34.6 Å². The zero-order chi connectivity index (χ0) is 20.6. The van der Waals surface area contributed by atoms with E-state index in [1.54, 1.807) is 0 Å². The zero-order valence-corrected chi connectivity index (χ0v) is 18.8. The van der Waals surface area contributed by atoms with E-state index < -0.39 is 0 Å². The number of fused-ring (bicyclic) bond motifs is 1. The van der Waals surface area contributed by atoms with E-state index in [2.05, 4.69) is 48.5 Å². The average Bonchev–Trinajstić information content (AvgIpc) is 2.53. The number of benzene rings is 1. The van der Waals surface area contributed by atoms with E-state index in [9.17, 15) is 4.79 Å². The van der Waals surface area contributed by atoms with Gasteiger partial charge in [0.1, 0.15) is 17.1 Å². The lowest BCUT2D eigenvalue weighted by Crippen LogP contribution is -2.41. The van der Waals surface area contributed by atoms with E-state index >= 15 is 0 Å². The minimum atomic E-state index is -0.162. The average molecular weight is 375 g/mol. The Bertz CT molecular complexity index is 710. The van der Waals surface area contributed by atoms with Crippen LogP contribution in [0.25, 0.3) is 0 Å². The highest BCUT2D eigenvalue weighted by Crippen LogP contribution is 2.47. The van der Waals surface area contributed by atoms with Crippen molar-refractivity contribution in [1.82, 2.24) is 0 Å². The molecule has 1 aromatic rings. The Kier molecular flexibility index (Phi) is 6.04. The van der Waals surface area contributed by atoms with E-state index in [0.29, 0.717) is 17.6 Å². The van der Waals surface area contributed by atoms with Crippen LogP contribution < -0.4 is 9.47 Å². The third-order valence-corrected chi connectivity index (χ3v) is 6.13. The molecule has 0 saturated carbocycles. The Morgan fingerprint density at radius 3 is 2.22 bits per heavy atom. The van der Waals surface area contributed by atoms with Gasteiger partial charge in [-0.2, -0.15) is 0 Å². The molecule has 1 aromatic carbocycles. The summed E-state index contributed by atoms with van der Waals surface area (Å²) in [6.07, 6.45) is 5.41. The van der Waals surface area contributed by atoms with Gasteiger partial charge in [0.25, 0.3) is 6.47 Å². The summed E-state index contributed by atoms with van der Waals surface area (Å²) >= 11 is 0. The molecular weight excluding hydrogens is 336 g/mol. The van der Waals surface area contributed by atoms with Crippen LogP contribution in [-0.2, 0) is 11.2 Å². The summed E-state index contributed by atoms with van der Waals surface area (Å²) in [6.45, 7) is 20.6. The van der Waals surface area contributed by atoms with Crippen molar-refractivity contribution in [2.75, 3.05) is 0 Å². The van der Waals surface area contributed by atoms with Crippen molar-refractivity contribution in [2.24, 2.45) is 10.8 Å². The first-order valence-corrected chi connectivity index (χ1v) is 10.2. The standard InChI is InChI=1S/C24H38O3/c1-16-17(2)21-19(18(3)20(16)26-15-25)10-11-24(9,27-21)14-23(7,8)13-12-22(4,5)6/h15H,10-14H2,1-9H3. The second-order valence-corrected chi connectivity index (χ2v) is 10.7. The van der Waals surface area contributed by atoms with Crippen LogP contribution in [0.15, 0.2) is 0 Å². The lowest BCUT2D eigenvalue weighted by atomic mass is 9.72. The van der Waals surface area contributed by atoms with Crippen molar-refractivity contribution in [2.45, 2.75) is 100 Å². The van der Waals surface area contributed by atoms with Crippen LogP contribution in [0.3, 0.4) is 0 Å². The summed E-state index contributed by atoms with van der Waals surface area (Å²) in [5.41, 5.74) is 4.75. The summed E-state index contributed by atoms with van der Waals surface area (Å²) in [4.78, 5) is 10.9. The number of carbonyl (C=O) groups excluding carboxylic acids is 1. The van der Waals surface area contributed by atoms with Crippen molar-refractivity contribution >= 4 is 6.47 Å². The molecule has 0 bridgehead atoms. The van der Waals surface area contributed by atoms with Crippen LogP contribution in [0.1, 0.15) is 89.5 Å². The highest BCUT2D eigenvalue weighted by atomic mass is 16.5. The Morgan fingerprint density at radius 1 is 1.04 bits per heavy atom. The molecule has 1 unspecified atom stereocenters. The maximum Gasteiger partial charge on any atom is 0.298 e. The first-order valence-electron chi connectivity index (χ1n) is 10.2. The summed E-state index contributed by atoms with van der Waals surface area (Å²) < 4.78 is 11.9. The molecule has 2 rings (SSSR count). The molecule has 0 spiro atoms. The van der Waals surface area contributed by atoms with E-state index in [4.69, 9.17) is 9.47 Å². The van der Waals surface area contributed by atoms with Crippen molar-refractivity contribution in [1.29, 1.82) is 0 Å². The first-order chi connectivity index (χ1) is 12.3. The van der Waals surface area contributed by atoms with Gasteiger partial charge in [0.05, 0.1) is 0 Å². The van der Waals surface area contributed by atoms with Crippen molar-refractivity contribution in [3.63, 3.8) is 0 Å². The molecule has 0 amide bonds. The smallest absolute Gasteiger partial charge is 0.298 e. The largest absolute Gasteiger partial charge is 0.487 e. The SMILES string of the molecule is Cc1c(C)c2c(c(C)c1OC=O)CCC(C)(CC(C)(C)CCC(C)(C)C)O2. The van der Waals surface area contributed by atoms with Gasteiger partial charge in [0.15, 0.2) is 0 Å². The minimum Gasteiger partial charge on any atom is -0.487 e. The first kappa shape index (κ1) is 21.8. The van der Waals surface area contributed by atoms with Crippen molar-refractivity contribution < 1.29 is 14.3 Å². The van der Waals surface area contributed by atoms with Gasteiger partial charge in [-0.3, -0.25) is 4.79 Å². The fraction of sp³-hybridized carbons (Fsp3) is 0.708.